The minimum atomic E-state index is -0.295. The molecule has 0 saturated carbocycles. The molecule has 1 atom stereocenters. The average Bonchev–Trinajstić information content (AvgIpc) is 2.40. The molecule has 19 heavy (non-hydrogen) atoms. The summed E-state index contributed by atoms with van der Waals surface area (Å²) in [7, 11) is 0. The van der Waals surface area contributed by atoms with E-state index in [1.807, 2.05) is 0 Å². The molecular weight excluding hydrogens is 243 g/mol. The van der Waals surface area contributed by atoms with Gasteiger partial charge in [-0.15, -0.1) is 0 Å². The van der Waals surface area contributed by atoms with Gasteiger partial charge < -0.3 is 10.6 Å². The SMILES string of the molecule is O=C(Cc1cccc(F)c1)NCCC1CCCCN1. The van der Waals surface area contributed by atoms with Crippen molar-refractivity contribution < 1.29 is 9.18 Å². The fourth-order valence-corrected chi connectivity index (χ4v) is 2.45. The predicted octanol–water partition coefficient (Wildman–Crippen LogP) is 2.02. The standard InChI is InChI=1S/C15H21FN2O/c16-13-5-3-4-12(10-13)11-15(19)18-9-7-14-6-1-2-8-17-14/h3-5,10,14,17H,1-2,6-9,11H2,(H,18,19). The van der Waals surface area contributed by atoms with Crippen LogP contribution in [0.15, 0.2) is 24.3 Å². The molecular formula is C15H21FN2O. The van der Waals surface area contributed by atoms with Gasteiger partial charge >= 0.3 is 0 Å². The molecule has 1 saturated heterocycles. The van der Waals surface area contributed by atoms with Gasteiger partial charge in [0.2, 0.25) is 5.91 Å². The van der Waals surface area contributed by atoms with Gasteiger partial charge in [0, 0.05) is 12.6 Å². The number of hydrogen-bond donors (Lipinski definition) is 2. The lowest BCUT2D eigenvalue weighted by molar-refractivity contribution is -0.120. The monoisotopic (exact) mass is 264 g/mol. The number of hydrogen-bond acceptors (Lipinski definition) is 2. The van der Waals surface area contributed by atoms with E-state index in [0.29, 0.717) is 18.2 Å². The lowest BCUT2D eigenvalue weighted by Crippen LogP contribution is -2.37. The zero-order valence-electron chi connectivity index (χ0n) is 11.1. The number of halogens is 1. The van der Waals surface area contributed by atoms with Crippen LogP contribution in [0.3, 0.4) is 0 Å². The Morgan fingerprint density at radius 1 is 1.42 bits per heavy atom. The maximum absolute atomic E-state index is 13.0. The minimum absolute atomic E-state index is 0.0404. The third-order valence-corrected chi connectivity index (χ3v) is 3.48. The van der Waals surface area contributed by atoms with Gasteiger partial charge in [0.25, 0.3) is 0 Å². The molecule has 0 spiro atoms. The molecule has 104 valence electrons. The van der Waals surface area contributed by atoms with Gasteiger partial charge in [0.1, 0.15) is 5.82 Å². The lowest BCUT2D eigenvalue weighted by Gasteiger charge is -2.23. The van der Waals surface area contributed by atoms with E-state index in [1.54, 1.807) is 12.1 Å². The molecule has 0 radical (unpaired) electrons. The molecule has 0 bridgehead atoms. The maximum Gasteiger partial charge on any atom is 0.224 e. The predicted molar refractivity (Wildman–Crippen MR) is 73.4 cm³/mol. The van der Waals surface area contributed by atoms with Gasteiger partial charge in [-0.1, -0.05) is 18.6 Å². The van der Waals surface area contributed by atoms with Crippen molar-refractivity contribution in [1.82, 2.24) is 10.6 Å². The van der Waals surface area contributed by atoms with E-state index >= 15 is 0 Å². The number of rotatable bonds is 5. The molecule has 1 aliphatic rings. The smallest absolute Gasteiger partial charge is 0.224 e. The van der Waals surface area contributed by atoms with Gasteiger partial charge in [0.15, 0.2) is 0 Å². The second-order valence-corrected chi connectivity index (χ2v) is 5.09. The van der Waals surface area contributed by atoms with E-state index in [1.165, 1.54) is 31.4 Å². The first-order chi connectivity index (χ1) is 9.24. The van der Waals surface area contributed by atoms with E-state index in [2.05, 4.69) is 10.6 Å². The molecule has 0 aliphatic carbocycles. The molecule has 1 amide bonds. The second-order valence-electron chi connectivity index (χ2n) is 5.09. The number of amides is 1. The normalized spacial score (nSPS) is 19.1. The van der Waals surface area contributed by atoms with Gasteiger partial charge in [0.05, 0.1) is 6.42 Å². The summed E-state index contributed by atoms with van der Waals surface area (Å²) < 4.78 is 13.0. The topological polar surface area (TPSA) is 41.1 Å². The molecule has 2 N–H and O–H groups in total. The van der Waals surface area contributed by atoms with E-state index in [-0.39, 0.29) is 18.1 Å². The van der Waals surface area contributed by atoms with Crippen molar-refractivity contribution in [3.63, 3.8) is 0 Å². The largest absolute Gasteiger partial charge is 0.356 e. The Morgan fingerprint density at radius 3 is 3.05 bits per heavy atom. The number of carbonyl (C=O) groups is 1. The summed E-state index contributed by atoms with van der Waals surface area (Å²) in [6, 6.07) is 6.72. The van der Waals surface area contributed by atoms with Crippen molar-refractivity contribution in [2.75, 3.05) is 13.1 Å². The van der Waals surface area contributed by atoms with Crippen molar-refractivity contribution in [2.45, 2.75) is 38.1 Å². The Labute approximate surface area is 113 Å². The summed E-state index contributed by atoms with van der Waals surface area (Å²) in [6.45, 7) is 1.77. The highest BCUT2D eigenvalue weighted by molar-refractivity contribution is 5.78. The van der Waals surface area contributed by atoms with Crippen LogP contribution < -0.4 is 10.6 Å². The molecule has 1 unspecified atom stereocenters. The Hall–Kier alpha value is -1.42. The molecule has 0 aromatic heterocycles. The summed E-state index contributed by atoms with van der Waals surface area (Å²) in [4.78, 5) is 11.7. The minimum Gasteiger partial charge on any atom is -0.356 e. The summed E-state index contributed by atoms with van der Waals surface area (Å²) in [6.07, 6.45) is 4.93. The van der Waals surface area contributed by atoms with E-state index in [4.69, 9.17) is 0 Å². The Balaban J connectivity index is 1.67. The average molecular weight is 264 g/mol. The highest BCUT2D eigenvalue weighted by Gasteiger charge is 2.12. The van der Waals surface area contributed by atoms with Crippen molar-refractivity contribution in [3.05, 3.63) is 35.6 Å². The van der Waals surface area contributed by atoms with Crippen molar-refractivity contribution in [3.8, 4) is 0 Å². The highest BCUT2D eigenvalue weighted by Crippen LogP contribution is 2.09. The Morgan fingerprint density at radius 2 is 2.32 bits per heavy atom. The van der Waals surface area contributed by atoms with Gasteiger partial charge in [-0.25, -0.2) is 4.39 Å². The maximum atomic E-state index is 13.0. The third-order valence-electron chi connectivity index (χ3n) is 3.48. The third kappa shape index (κ3) is 4.99. The van der Waals surface area contributed by atoms with Crippen molar-refractivity contribution in [2.24, 2.45) is 0 Å². The van der Waals surface area contributed by atoms with Crippen molar-refractivity contribution in [1.29, 1.82) is 0 Å². The number of piperidine rings is 1. The second kappa shape index (κ2) is 7.24. The molecule has 3 nitrogen and oxygen atoms in total. The van der Waals surface area contributed by atoms with Crippen LogP contribution in [0.2, 0.25) is 0 Å². The van der Waals surface area contributed by atoms with Crippen LogP contribution in [-0.4, -0.2) is 25.0 Å². The van der Waals surface area contributed by atoms with E-state index in [9.17, 15) is 9.18 Å². The molecule has 1 heterocycles. The fraction of sp³-hybridized carbons (Fsp3) is 0.533. The fourth-order valence-electron chi connectivity index (χ4n) is 2.45. The Bertz CT molecular complexity index is 416. The zero-order chi connectivity index (χ0) is 13.5. The van der Waals surface area contributed by atoms with E-state index < -0.39 is 0 Å². The number of benzene rings is 1. The van der Waals surface area contributed by atoms with Gasteiger partial charge in [-0.3, -0.25) is 4.79 Å². The quantitative estimate of drug-likeness (QED) is 0.854. The summed E-state index contributed by atoms with van der Waals surface area (Å²) in [5, 5.41) is 6.35. The van der Waals surface area contributed by atoms with Crippen LogP contribution in [0, 0.1) is 5.82 Å². The van der Waals surface area contributed by atoms with Crippen LogP contribution in [0.5, 0.6) is 0 Å². The Kier molecular flexibility index (Phi) is 5.33. The van der Waals surface area contributed by atoms with Crippen molar-refractivity contribution >= 4 is 5.91 Å². The summed E-state index contributed by atoms with van der Waals surface area (Å²) in [5.74, 6) is -0.335. The zero-order valence-corrected chi connectivity index (χ0v) is 11.1. The highest BCUT2D eigenvalue weighted by atomic mass is 19.1. The molecule has 2 rings (SSSR count). The molecule has 4 heteroatoms. The molecule has 1 aliphatic heterocycles. The molecule has 1 aromatic rings. The van der Waals surface area contributed by atoms with Crippen LogP contribution >= 0.6 is 0 Å². The van der Waals surface area contributed by atoms with E-state index in [0.717, 1.165) is 13.0 Å². The first-order valence-corrected chi connectivity index (χ1v) is 6.98. The molecule has 1 fully saturated rings. The number of carbonyl (C=O) groups excluding carboxylic acids is 1. The lowest BCUT2D eigenvalue weighted by atomic mass is 10.0. The number of nitrogens with one attached hydrogen (secondary N) is 2. The van der Waals surface area contributed by atoms with Gasteiger partial charge in [-0.2, -0.15) is 0 Å². The van der Waals surface area contributed by atoms with Crippen LogP contribution in [0.4, 0.5) is 4.39 Å². The van der Waals surface area contributed by atoms with Gasteiger partial charge in [-0.05, 0) is 43.5 Å². The first kappa shape index (κ1) is 14.0. The first-order valence-electron chi connectivity index (χ1n) is 6.98. The van der Waals surface area contributed by atoms with Crippen LogP contribution in [-0.2, 0) is 11.2 Å². The van der Waals surface area contributed by atoms with Crippen LogP contribution in [0.1, 0.15) is 31.2 Å². The summed E-state index contributed by atoms with van der Waals surface area (Å²) >= 11 is 0. The molecule has 1 aromatic carbocycles. The van der Waals surface area contributed by atoms with Crippen LogP contribution in [0.25, 0.3) is 0 Å². The summed E-state index contributed by atoms with van der Waals surface area (Å²) in [5.41, 5.74) is 0.716.